The number of alkyl halides is 2. The Labute approximate surface area is 77.2 Å². The third-order valence-corrected chi connectivity index (χ3v) is 1.59. The summed E-state index contributed by atoms with van der Waals surface area (Å²) in [5.41, 5.74) is -1.86. The van der Waals surface area contributed by atoms with Gasteiger partial charge in [0.15, 0.2) is 0 Å². The third kappa shape index (κ3) is 1.84. The normalized spacial score (nSPS) is 10.6. The van der Waals surface area contributed by atoms with Crippen molar-refractivity contribution in [3.05, 3.63) is 28.8 Å². The molecule has 0 unspecified atom stereocenters. The molecule has 0 fully saturated rings. The average Bonchev–Trinajstić information content (AvgIpc) is 2.01. The molecule has 0 radical (unpaired) electrons. The van der Waals surface area contributed by atoms with Gasteiger partial charge < -0.3 is 5.11 Å². The first kappa shape index (κ1) is 10.5. The summed E-state index contributed by atoms with van der Waals surface area (Å²) in [6.45, 7) is 1.32. The first-order valence-corrected chi connectivity index (χ1v) is 3.62. The molecule has 1 heterocycles. The van der Waals surface area contributed by atoms with Crippen LogP contribution in [0.1, 0.15) is 28.0 Å². The van der Waals surface area contributed by atoms with Gasteiger partial charge in [-0.2, -0.15) is 4.39 Å². The molecule has 0 bridgehead atoms. The molecule has 76 valence electrons. The van der Waals surface area contributed by atoms with Crippen molar-refractivity contribution in [1.29, 1.82) is 0 Å². The van der Waals surface area contributed by atoms with Gasteiger partial charge in [0.25, 0.3) is 6.43 Å². The molecule has 0 aliphatic carbocycles. The molecule has 0 spiro atoms. The Morgan fingerprint density at radius 1 is 1.57 bits per heavy atom. The number of carboxylic acid groups (broad SMARTS) is 1. The van der Waals surface area contributed by atoms with Crippen LogP contribution in [0, 0.1) is 12.9 Å². The van der Waals surface area contributed by atoms with Crippen LogP contribution >= 0.6 is 0 Å². The van der Waals surface area contributed by atoms with Gasteiger partial charge in [-0.1, -0.05) is 0 Å². The van der Waals surface area contributed by atoms with E-state index in [1.165, 1.54) is 6.92 Å². The standard InChI is InChI=1S/C8H6F3NO2/c1-3-2-4(8(13)14)5(6(9)10)7(11)12-3/h2,6H,1H3,(H,13,14). The minimum atomic E-state index is -3.19. The van der Waals surface area contributed by atoms with Gasteiger partial charge in [0.2, 0.25) is 5.95 Å². The number of hydrogen-bond donors (Lipinski definition) is 1. The molecular formula is C8H6F3NO2. The zero-order valence-electron chi connectivity index (χ0n) is 7.09. The highest BCUT2D eigenvalue weighted by atomic mass is 19.3. The fraction of sp³-hybridized carbons (Fsp3) is 0.250. The largest absolute Gasteiger partial charge is 0.478 e. The van der Waals surface area contributed by atoms with E-state index in [4.69, 9.17) is 5.11 Å². The van der Waals surface area contributed by atoms with Crippen LogP contribution in [-0.4, -0.2) is 16.1 Å². The van der Waals surface area contributed by atoms with Crippen LogP contribution in [0.2, 0.25) is 0 Å². The molecule has 3 nitrogen and oxygen atoms in total. The Hall–Kier alpha value is -1.59. The SMILES string of the molecule is Cc1cc(C(=O)O)c(C(F)F)c(F)n1. The second-order valence-electron chi connectivity index (χ2n) is 2.62. The number of hydrogen-bond acceptors (Lipinski definition) is 2. The number of aromatic nitrogens is 1. The highest BCUT2D eigenvalue weighted by Gasteiger charge is 2.23. The molecule has 0 amide bonds. The zero-order chi connectivity index (χ0) is 10.9. The highest BCUT2D eigenvalue weighted by molar-refractivity contribution is 5.89. The van der Waals surface area contributed by atoms with Crippen molar-refractivity contribution in [2.75, 3.05) is 0 Å². The second-order valence-corrected chi connectivity index (χ2v) is 2.62. The summed E-state index contributed by atoms with van der Waals surface area (Å²) in [6.07, 6.45) is -3.19. The smallest absolute Gasteiger partial charge is 0.336 e. The van der Waals surface area contributed by atoms with Crippen molar-refractivity contribution in [3.8, 4) is 0 Å². The van der Waals surface area contributed by atoms with Crippen LogP contribution in [0.4, 0.5) is 13.2 Å². The fourth-order valence-electron chi connectivity index (χ4n) is 1.03. The number of carboxylic acids is 1. The molecule has 0 atom stereocenters. The maximum absolute atomic E-state index is 12.9. The molecule has 0 aromatic carbocycles. The lowest BCUT2D eigenvalue weighted by atomic mass is 10.1. The van der Waals surface area contributed by atoms with E-state index in [0.29, 0.717) is 0 Å². The quantitative estimate of drug-likeness (QED) is 0.752. The summed E-state index contributed by atoms with van der Waals surface area (Å²) in [7, 11) is 0. The maximum Gasteiger partial charge on any atom is 0.336 e. The van der Waals surface area contributed by atoms with Crippen LogP contribution < -0.4 is 0 Å². The van der Waals surface area contributed by atoms with Gasteiger partial charge in [-0.25, -0.2) is 18.6 Å². The molecule has 1 N–H and O–H groups in total. The van der Waals surface area contributed by atoms with E-state index in [2.05, 4.69) is 4.98 Å². The predicted molar refractivity (Wildman–Crippen MR) is 40.8 cm³/mol. The molecule has 0 saturated heterocycles. The van der Waals surface area contributed by atoms with Crippen molar-refractivity contribution >= 4 is 5.97 Å². The summed E-state index contributed by atoms with van der Waals surface area (Å²) in [4.78, 5) is 13.6. The molecule has 1 aromatic rings. The van der Waals surface area contributed by atoms with Gasteiger partial charge in [-0.15, -0.1) is 0 Å². The molecule has 14 heavy (non-hydrogen) atoms. The number of aromatic carboxylic acids is 1. The van der Waals surface area contributed by atoms with Crippen molar-refractivity contribution in [1.82, 2.24) is 4.98 Å². The Morgan fingerprint density at radius 2 is 2.14 bits per heavy atom. The Balaban J connectivity index is 3.44. The number of aryl methyl sites for hydroxylation is 1. The first-order valence-electron chi connectivity index (χ1n) is 3.62. The van der Waals surface area contributed by atoms with Crippen LogP contribution in [0.25, 0.3) is 0 Å². The van der Waals surface area contributed by atoms with E-state index < -0.39 is 29.5 Å². The number of pyridine rings is 1. The molecule has 0 aliphatic rings. The Morgan fingerprint density at radius 3 is 2.57 bits per heavy atom. The second kappa shape index (κ2) is 3.65. The maximum atomic E-state index is 12.9. The highest BCUT2D eigenvalue weighted by Crippen LogP contribution is 2.25. The van der Waals surface area contributed by atoms with Crippen LogP contribution in [0.15, 0.2) is 6.07 Å². The number of carbonyl (C=O) groups is 1. The number of halogens is 3. The average molecular weight is 205 g/mol. The van der Waals surface area contributed by atoms with Crippen LogP contribution in [0.5, 0.6) is 0 Å². The molecule has 1 rings (SSSR count). The van der Waals surface area contributed by atoms with E-state index in [1.807, 2.05) is 0 Å². The molecular weight excluding hydrogens is 199 g/mol. The first-order chi connectivity index (χ1) is 6.43. The van der Waals surface area contributed by atoms with Crippen LogP contribution in [-0.2, 0) is 0 Å². The predicted octanol–water partition coefficient (Wildman–Crippen LogP) is 2.16. The number of rotatable bonds is 2. The Kier molecular flexibility index (Phi) is 2.73. The lowest BCUT2D eigenvalue weighted by Crippen LogP contribution is -2.08. The molecule has 0 aliphatic heterocycles. The van der Waals surface area contributed by atoms with Crippen molar-refractivity contribution in [2.24, 2.45) is 0 Å². The molecule has 6 heteroatoms. The van der Waals surface area contributed by atoms with Gasteiger partial charge in [0.05, 0.1) is 11.1 Å². The van der Waals surface area contributed by atoms with Gasteiger partial charge >= 0.3 is 5.97 Å². The van der Waals surface area contributed by atoms with E-state index >= 15 is 0 Å². The van der Waals surface area contributed by atoms with Gasteiger partial charge in [0.1, 0.15) is 0 Å². The van der Waals surface area contributed by atoms with Crippen molar-refractivity contribution < 1.29 is 23.1 Å². The third-order valence-electron chi connectivity index (χ3n) is 1.59. The van der Waals surface area contributed by atoms with E-state index in [0.717, 1.165) is 6.07 Å². The summed E-state index contributed by atoms with van der Waals surface area (Å²) in [6, 6.07) is 0.910. The lowest BCUT2D eigenvalue weighted by Gasteiger charge is -2.06. The summed E-state index contributed by atoms with van der Waals surface area (Å²) >= 11 is 0. The van der Waals surface area contributed by atoms with Crippen molar-refractivity contribution in [2.45, 2.75) is 13.3 Å². The summed E-state index contributed by atoms with van der Waals surface area (Å²) < 4.78 is 37.3. The van der Waals surface area contributed by atoms with E-state index in [-0.39, 0.29) is 5.69 Å². The Bertz CT molecular complexity index is 379. The lowest BCUT2D eigenvalue weighted by molar-refractivity contribution is 0.0681. The minimum absolute atomic E-state index is 0.0456. The van der Waals surface area contributed by atoms with Crippen LogP contribution in [0.3, 0.4) is 0 Å². The zero-order valence-corrected chi connectivity index (χ0v) is 7.09. The molecule has 0 saturated carbocycles. The monoisotopic (exact) mass is 205 g/mol. The van der Waals surface area contributed by atoms with E-state index in [1.54, 1.807) is 0 Å². The summed E-state index contributed by atoms with van der Waals surface area (Å²) in [5, 5.41) is 8.54. The van der Waals surface area contributed by atoms with Gasteiger partial charge in [-0.05, 0) is 13.0 Å². The summed E-state index contributed by atoms with van der Waals surface area (Å²) in [5.74, 6) is -3.03. The minimum Gasteiger partial charge on any atom is -0.478 e. The number of nitrogens with zero attached hydrogens (tertiary/aromatic N) is 1. The van der Waals surface area contributed by atoms with Crippen molar-refractivity contribution in [3.63, 3.8) is 0 Å². The van der Waals surface area contributed by atoms with E-state index in [9.17, 15) is 18.0 Å². The topological polar surface area (TPSA) is 50.2 Å². The van der Waals surface area contributed by atoms with Gasteiger partial charge in [0, 0.05) is 5.69 Å². The van der Waals surface area contributed by atoms with Gasteiger partial charge in [-0.3, -0.25) is 0 Å². The fourth-order valence-corrected chi connectivity index (χ4v) is 1.03. The molecule has 1 aromatic heterocycles.